The Kier molecular flexibility index (Phi) is 4.38. The van der Waals surface area contributed by atoms with Gasteiger partial charge >= 0.3 is 5.97 Å². The van der Waals surface area contributed by atoms with Gasteiger partial charge in [0.15, 0.2) is 0 Å². The Bertz CT molecular complexity index is 714. The number of amides is 1. The molecule has 0 atom stereocenters. The molecule has 0 saturated heterocycles. The summed E-state index contributed by atoms with van der Waals surface area (Å²) in [5.41, 5.74) is 1.39. The molecule has 2 aromatic carbocycles. The fourth-order valence-corrected chi connectivity index (χ4v) is 2.08. The third kappa shape index (κ3) is 3.28. The van der Waals surface area contributed by atoms with Crippen molar-refractivity contribution in [2.75, 3.05) is 7.05 Å². The molecule has 0 radical (unpaired) electrons. The van der Waals surface area contributed by atoms with Crippen molar-refractivity contribution in [3.05, 3.63) is 54.3 Å². The topological polar surface area (TPSA) is 46.6 Å². The Balaban J connectivity index is 2.61. The zero-order valence-electron chi connectivity index (χ0n) is 12.3. The van der Waals surface area contributed by atoms with Crippen LogP contribution in [0, 0.1) is 0 Å². The van der Waals surface area contributed by atoms with Gasteiger partial charge in [0.2, 0.25) is 5.91 Å². The maximum absolute atomic E-state index is 11.7. The van der Waals surface area contributed by atoms with Crippen LogP contribution in [0.3, 0.4) is 0 Å². The number of rotatable bonds is 3. The van der Waals surface area contributed by atoms with Gasteiger partial charge in [0.1, 0.15) is 6.26 Å². The average molecular weight is 283 g/mol. The summed E-state index contributed by atoms with van der Waals surface area (Å²) in [7, 11) is 1.65. The Labute approximate surface area is 123 Å². The first-order valence-corrected chi connectivity index (χ1v) is 6.60. The summed E-state index contributed by atoms with van der Waals surface area (Å²) in [5, 5.41) is 2.05. The predicted octanol–water partition coefficient (Wildman–Crippen LogP) is 3.18. The largest absolute Gasteiger partial charge is 0.432 e. The van der Waals surface area contributed by atoms with E-state index in [0.29, 0.717) is 5.70 Å². The molecule has 2 rings (SSSR count). The molecule has 0 aliphatic heterocycles. The van der Waals surface area contributed by atoms with Crippen LogP contribution in [0.4, 0.5) is 0 Å². The van der Waals surface area contributed by atoms with Crippen molar-refractivity contribution in [1.82, 2.24) is 4.90 Å². The van der Waals surface area contributed by atoms with E-state index in [9.17, 15) is 9.59 Å². The standard InChI is InChI=1S/C17H17NO3/c1-12(19)18(3)17(11-21-13(2)20)16-10-6-8-14-7-4-5-9-15(14)16/h4-11H,1-3H3/b17-11-. The van der Waals surface area contributed by atoms with Gasteiger partial charge in [-0.25, -0.2) is 0 Å². The van der Waals surface area contributed by atoms with Gasteiger partial charge in [0.05, 0.1) is 5.70 Å². The van der Waals surface area contributed by atoms with Crippen LogP contribution in [0.2, 0.25) is 0 Å². The van der Waals surface area contributed by atoms with Crippen molar-refractivity contribution in [2.24, 2.45) is 0 Å². The summed E-state index contributed by atoms with van der Waals surface area (Å²) in [5.74, 6) is -0.564. The van der Waals surface area contributed by atoms with E-state index in [4.69, 9.17) is 4.74 Å². The molecular formula is C17H17NO3. The minimum Gasteiger partial charge on any atom is -0.432 e. The van der Waals surface area contributed by atoms with Crippen LogP contribution in [0.25, 0.3) is 16.5 Å². The van der Waals surface area contributed by atoms with Gasteiger partial charge in [-0.15, -0.1) is 0 Å². The second kappa shape index (κ2) is 6.22. The quantitative estimate of drug-likeness (QED) is 0.642. The first-order chi connectivity index (χ1) is 10.0. The summed E-state index contributed by atoms with van der Waals surface area (Å²) in [6, 6.07) is 13.7. The lowest BCUT2D eigenvalue weighted by atomic mass is 10.0. The van der Waals surface area contributed by atoms with Crippen molar-refractivity contribution in [3.63, 3.8) is 0 Å². The van der Waals surface area contributed by atoms with Crippen molar-refractivity contribution >= 4 is 28.3 Å². The zero-order chi connectivity index (χ0) is 15.4. The highest BCUT2D eigenvalue weighted by atomic mass is 16.5. The first kappa shape index (κ1) is 14.8. The molecule has 0 heterocycles. The predicted molar refractivity (Wildman–Crippen MR) is 82.1 cm³/mol. The van der Waals surface area contributed by atoms with Crippen molar-refractivity contribution in [3.8, 4) is 0 Å². The van der Waals surface area contributed by atoms with Gasteiger partial charge in [-0.1, -0.05) is 42.5 Å². The van der Waals surface area contributed by atoms with E-state index in [2.05, 4.69) is 0 Å². The summed E-state index contributed by atoms with van der Waals surface area (Å²) >= 11 is 0. The van der Waals surface area contributed by atoms with E-state index in [1.807, 2.05) is 42.5 Å². The molecule has 108 valence electrons. The van der Waals surface area contributed by atoms with Gasteiger partial charge < -0.3 is 9.64 Å². The van der Waals surface area contributed by atoms with Crippen molar-refractivity contribution < 1.29 is 14.3 Å². The minimum atomic E-state index is -0.426. The molecule has 0 saturated carbocycles. The van der Waals surface area contributed by atoms with Gasteiger partial charge in [-0.05, 0) is 10.8 Å². The second-order valence-corrected chi connectivity index (χ2v) is 4.72. The summed E-state index contributed by atoms with van der Waals surface area (Å²) < 4.78 is 4.98. The van der Waals surface area contributed by atoms with Crippen molar-refractivity contribution in [1.29, 1.82) is 0 Å². The van der Waals surface area contributed by atoms with E-state index >= 15 is 0 Å². The van der Waals surface area contributed by atoms with Gasteiger partial charge in [0.25, 0.3) is 0 Å². The Hall–Kier alpha value is -2.62. The molecule has 0 fully saturated rings. The van der Waals surface area contributed by atoms with Gasteiger partial charge in [-0.3, -0.25) is 9.59 Å². The van der Waals surface area contributed by atoms with E-state index in [0.717, 1.165) is 16.3 Å². The van der Waals surface area contributed by atoms with Crippen LogP contribution < -0.4 is 0 Å². The Morgan fingerprint density at radius 1 is 1.05 bits per heavy atom. The Morgan fingerprint density at radius 3 is 2.38 bits per heavy atom. The molecule has 0 aromatic heterocycles. The number of ether oxygens (including phenoxy) is 1. The number of nitrogens with zero attached hydrogens (tertiary/aromatic N) is 1. The number of fused-ring (bicyclic) bond motifs is 1. The highest BCUT2D eigenvalue weighted by Gasteiger charge is 2.15. The van der Waals surface area contributed by atoms with Crippen LogP contribution in [0.5, 0.6) is 0 Å². The molecule has 0 N–H and O–H groups in total. The molecule has 0 aliphatic carbocycles. The number of carbonyl (C=O) groups excluding carboxylic acids is 2. The maximum atomic E-state index is 11.7. The number of benzene rings is 2. The lowest BCUT2D eigenvalue weighted by molar-refractivity contribution is -0.135. The molecule has 0 spiro atoms. The Morgan fingerprint density at radius 2 is 1.71 bits per heavy atom. The summed E-state index contributed by atoms with van der Waals surface area (Å²) in [6.45, 7) is 2.79. The molecule has 4 heteroatoms. The molecule has 2 aromatic rings. The average Bonchev–Trinajstić information content (AvgIpc) is 2.47. The lowest BCUT2D eigenvalue weighted by Crippen LogP contribution is -2.22. The van der Waals surface area contributed by atoms with E-state index in [1.165, 1.54) is 25.0 Å². The highest BCUT2D eigenvalue weighted by molar-refractivity contribution is 5.96. The van der Waals surface area contributed by atoms with Crippen LogP contribution in [0.15, 0.2) is 48.7 Å². The van der Waals surface area contributed by atoms with Crippen LogP contribution in [-0.2, 0) is 14.3 Å². The third-order valence-electron chi connectivity index (χ3n) is 3.24. The van der Waals surface area contributed by atoms with Crippen LogP contribution in [-0.4, -0.2) is 23.8 Å². The van der Waals surface area contributed by atoms with Crippen LogP contribution >= 0.6 is 0 Å². The van der Waals surface area contributed by atoms with E-state index in [1.54, 1.807) is 7.05 Å². The second-order valence-electron chi connectivity index (χ2n) is 4.72. The van der Waals surface area contributed by atoms with E-state index in [-0.39, 0.29) is 5.91 Å². The van der Waals surface area contributed by atoms with Crippen molar-refractivity contribution in [2.45, 2.75) is 13.8 Å². The fraction of sp³-hybridized carbons (Fsp3) is 0.176. The van der Waals surface area contributed by atoms with Gasteiger partial charge in [-0.2, -0.15) is 0 Å². The molecule has 21 heavy (non-hydrogen) atoms. The molecule has 0 aliphatic rings. The highest BCUT2D eigenvalue weighted by Crippen LogP contribution is 2.27. The third-order valence-corrected chi connectivity index (χ3v) is 3.24. The normalized spacial score (nSPS) is 11.3. The minimum absolute atomic E-state index is 0.138. The smallest absolute Gasteiger partial charge is 0.307 e. The molecule has 0 unspecified atom stereocenters. The number of hydrogen-bond acceptors (Lipinski definition) is 3. The molecular weight excluding hydrogens is 266 g/mol. The van der Waals surface area contributed by atoms with Gasteiger partial charge in [0, 0.05) is 26.5 Å². The monoisotopic (exact) mass is 283 g/mol. The summed E-state index contributed by atoms with van der Waals surface area (Å²) in [4.78, 5) is 24.2. The molecule has 4 nitrogen and oxygen atoms in total. The summed E-state index contributed by atoms with van der Waals surface area (Å²) in [6.07, 6.45) is 1.32. The van der Waals surface area contributed by atoms with E-state index < -0.39 is 5.97 Å². The first-order valence-electron chi connectivity index (χ1n) is 6.60. The zero-order valence-corrected chi connectivity index (χ0v) is 12.3. The number of carbonyl (C=O) groups is 2. The lowest BCUT2D eigenvalue weighted by Gasteiger charge is -2.20. The SMILES string of the molecule is CC(=O)O/C=C(/c1cccc2ccccc12)N(C)C(C)=O. The maximum Gasteiger partial charge on any atom is 0.307 e. The molecule has 1 amide bonds. The van der Waals surface area contributed by atoms with Crippen LogP contribution in [0.1, 0.15) is 19.4 Å². The fourth-order valence-electron chi connectivity index (χ4n) is 2.08. The molecule has 0 bridgehead atoms. The number of hydrogen-bond donors (Lipinski definition) is 0. The number of esters is 1.